The molecule has 0 aromatic rings. The molecule has 0 heterocycles. The molecule has 0 unspecified atom stereocenters. The van der Waals surface area contributed by atoms with Crippen molar-refractivity contribution in [3.63, 3.8) is 0 Å². The molecule has 0 spiro atoms. The second-order valence-electron chi connectivity index (χ2n) is 2.38. The third-order valence-electron chi connectivity index (χ3n) is 1.70. The van der Waals surface area contributed by atoms with Crippen LogP contribution < -0.4 is 0 Å². The molecule has 0 bridgehead atoms. The summed E-state index contributed by atoms with van der Waals surface area (Å²) < 4.78 is 0. The van der Waals surface area contributed by atoms with Crippen LogP contribution in [0.2, 0.25) is 0 Å². The predicted octanol–water partition coefficient (Wildman–Crippen LogP) is 0.922. The van der Waals surface area contributed by atoms with Gasteiger partial charge in [0.1, 0.15) is 5.60 Å². The zero-order valence-electron chi connectivity index (χ0n) is 5.15. The smallest absolute Gasteiger partial charge is 0.125 e. The van der Waals surface area contributed by atoms with Crippen LogP contribution in [-0.4, -0.2) is 10.7 Å². The second-order valence-corrected chi connectivity index (χ2v) is 2.38. The summed E-state index contributed by atoms with van der Waals surface area (Å²) in [5, 5.41) is 9.26. The van der Waals surface area contributed by atoms with E-state index < -0.39 is 5.60 Å². The van der Waals surface area contributed by atoms with Gasteiger partial charge in [-0.2, -0.15) is 0 Å². The van der Waals surface area contributed by atoms with Gasteiger partial charge in [0, 0.05) is 22.4 Å². The molecule has 1 radical (unpaired) electrons. The van der Waals surface area contributed by atoms with Crippen molar-refractivity contribution in [1.82, 2.24) is 0 Å². The van der Waals surface area contributed by atoms with Crippen LogP contribution in [0.3, 0.4) is 0 Å². The van der Waals surface area contributed by atoms with Gasteiger partial charge in [-0.05, 0) is 25.7 Å². The molecule has 1 aliphatic rings. The summed E-state index contributed by atoms with van der Waals surface area (Å²) in [5.74, 6) is 2.40. The molecule has 0 amide bonds. The average molecular weight is 218 g/mol. The first kappa shape index (κ1) is 9.26. The van der Waals surface area contributed by atoms with E-state index in [4.69, 9.17) is 6.42 Å². The van der Waals surface area contributed by atoms with E-state index in [1.807, 2.05) is 0 Å². The number of hydrogen-bond acceptors (Lipinski definition) is 1. The molecule has 9 heavy (non-hydrogen) atoms. The third kappa shape index (κ3) is 2.15. The molecule has 1 fully saturated rings. The van der Waals surface area contributed by atoms with Crippen molar-refractivity contribution >= 4 is 0 Å². The van der Waals surface area contributed by atoms with Crippen molar-refractivity contribution < 1.29 is 27.5 Å². The Morgan fingerprint density at radius 1 is 1.33 bits per heavy atom. The van der Waals surface area contributed by atoms with Gasteiger partial charge in [-0.25, -0.2) is 0 Å². The third-order valence-corrected chi connectivity index (χ3v) is 1.70. The maximum atomic E-state index is 9.26. The number of hydrogen-bond donors (Lipinski definition) is 1. The first-order valence-corrected chi connectivity index (χ1v) is 2.97. The van der Waals surface area contributed by atoms with E-state index in [0.717, 1.165) is 25.7 Å². The average Bonchev–Trinajstić information content (AvgIpc) is 2.17. The van der Waals surface area contributed by atoms with Crippen molar-refractivity contribution in [3.8, 4) is 12.3 Å². The molecule has 1 saturated carbocycles. The first-order valence-electron chi connectivity index (χ1n) is 2.97. The van der Waals surface area contributed by atoms with Crippen LogP contribution in [0.1, 0.15) is 25.7 Å². The van der Waals surface area contributed by atoms with Gasteiger partial charge in [0.25, 0.3) is 0 Å². The van der Waals surface area contributed by atoms with Gasteiger partial charge in [0.05, 0.1) is 0 Å². The number of aliphatic hydroxyl groups is 1. The zero-order valence-corrected chi connectivity index (χ0v) is 6.64. The standard InChI is InChI=1S/C7H10O.Ag/c1-2-7(8)5-3-4-6-7;/h1,8H,3-6H2;. The van der Waals surface area contributed by atoms with Crippen LogP contribution in [-0.2, 0) is 22.4 Å². The van der Waals surface area contributed by atoms with E-state index in [9.17, 15) is 5.11 Å². The molecule has 55 valence electrons. The predicted molar refractivity (Wildman–Crippen MR) is 32.3 cm³/mol. The fourth-order valence-electron chi connectivity index (χ4n) is 1.10. The SMILES string of the molecule is C#CC1(O)CCCC1.[Ag]. The van der Waals surface area contributed by atoms with Crippen LogP contribution in [0.15, 0.2) is 0 Å². The fraction of sp³-hybridized carbons (Fsp3) is 0.714. The minimum atomic E-state index is -0.736. The van der Waals surface area contributed by atoms with Crippen LogP contribution >= 0.6 is 0 Å². The molecule has 1 N–H and O–H groups in total. The largest absolute Gasteiger partial charge is 0.378 e. The molecular formula is C7H10AgO. The molecule has 1 rings (SSSR count). The van der Waals surface area contributed by atoms with Crippen LogP contribution in [0.25, 0.3) is 0 Å². The molecule has 0 aromatic heterocycles. The summed E-state index contributed by atoms with van der Waals surface area (Å²) in [5.41, 5.74) is -0.736. The Kier molecular flexibility index (Phi) is 3.53. The normalized spacial score (nSPS) is 22.2. The van der Waals surface area contributed by atoms with Crippen LogP contribution in [0.4, 0.5) is 0 Å². The molecule has 1 aliphatic carbocycles. The van der Waals surface area contributed by atoms with Crippen LogP contribution in [0.5, 0.6) is 0 Å². The molecule has 0 aliphatic heterocycles. The van der Waals surface area contributed by atoms with E-state index in [1.54, 1.807) is 0 Å². The van der Waals surface area contributed by atoms with Gasteiger partial charge < -0.3 is 5.11 Å². The van der Waals surface area contributed by atoms with E-state index in [1.165, 1.54) is 0 Å². The monoisotopic (exact) mass is 217 g/mol. The number of rotatable bonds is 0. The topological polar surface area (TPSA) is 20.2 Å². The van der Waals surface area contributed by atoms with Gasteiger partial charge in [0.15, 0.2) is 0 Å². The molecule has 0 atom stereocenters. The van der Waals surface area contributed by atoms with Gasteiger partial charge in [-0.3, -0.25) is 0 Å². The van der Waals surface area contributed by atoms with Crippen molar-refractivity contribution in [2.75, 3.05) is 0 Å². The quantitative estimate of drug-likeness (QED) is 0.473. The molecule has 0 saturated heterocycles. The Morgan fingerprint density at radius 3 is 2.00 bits per heavy atom. The van der Waals surface area contributed by atoms with E-state index >= 15 is 0 Å². The second kappa shape index (κ2) is 3.43. The summed E-state index contributed by atoms with van der Waals surface area (Å²) in [6.07, 6.45) is 8.83. The minimum Gasteiger partial charge on any atom is -0.378 e. The molecule has 0 aromatic carbocycles. The molecule has 1 nitrogen and oxygen atoms in total. The maximum Gasteiger partial charge on any atom is 0.125 e. The van der Waals surface area contributed by atoms with Gasteiger partial charge in [-0.15, -0.1) is 6.42 Å². The summed E-state index contributed by atoms with van der Waals surface area (Å²) in [7, 11) is 0. The zero-order chi connectivity index (χ0) is 6.04. The Labute approximate surface area is 71.3 Å². The Hall–Kier alpha value is 0.260. The van der Waals surface area contributed by atoms with Gasteiger partial charge in [0.2, 0.25) is 0 Å². The van der Waals surface area contributed by atoms with Gasteiger partial charge >= 0.3 is 0 Å². The summed E-state index contributed by atoms with van der Waals surface area (Å²) in [4.78, 5) is 0. The Bertz CT molecular complexity index is 119. The van der Waals surface area contributed by atoms with Crippen LogP contribution in [0, 0.1) is 12.3 Å². The Morgan fingerprint density at radius 2 is 1.78 bits per heavy atom. The van der Waals surface area contributed by atoms with Crippen molar-refractivity contribution in [1.29, 1.82) is 0 Å². The maximum absolute atomic E-state index is 9.26. The van der Waals surface area contributed by atoms with E-state index in [2.05, 4.69) is 5.92 Å². The minimum absolute atomic E-state index is 0. The number of terminal acetylenes is 1. The van der Waals surface area contributed by atoms with Crippen molar-refractivity contribution in [2.45, 2.75) is 31.3 Å². The summed E-state index contributed by atoms with van der Waals surface area (Å²) in [6, 6.07) is 0. The summed E-state index contributed by atoms with van der Waals surface area (Å²) >= 11 is 0. The fourth-order valence-corrected chi connectivity index (χ4v) is 1.10. The Balaban J connectivity index is 0.000000640. The summed E-state index contributed by atoms with van der Waals surface area (Å²) in [6.45, 7) is 0. The van der Waals surface area contributed by atoms with E-state index in [0.29, 0.717) is 0 Å². The molecule has 2 heteroatoms. The molecular weight excluding hydrogens is 208 g/mol. The first-order chi connectivity index (χ1) is 3.77. The van der Waals surface area contributed by atoms with E-state index in [-0.39, 0.29) is 22.4 Å². The van der Waals surface area contributed by atoms with Crippen molar-refractivity contribution in [2.24, 2.45) is 0 Å². The van der Waals surface area contributed by atoms with Crippen molar-refractivity contribution in [3.05, 3.63) is 0 Å². The van der Waals surface area contributed by atoms with Gasteiger partial charge in [-0.1, -0.05) is 5.92 Å².